The Morgan fingerprint density at radius 3 is 2.81 bits per heavy atom. The van der Waals surface area contributed by atoms with Crippen molar-refractivity contribution >= 4 is 15.7 Å². The fraction of sp³-hybridized carbons (Fsp3) is 0.100. The van der Waals surface area contributed by atoms with Crippen LogP contribution in [0.3, 0.4) is 0 Å². The fourth-order valence-corrected chi connectivity index (χ4v) is 2.19. The number of nitrogens with zero attached hydrogens (tertiary/aromatic N) is 2. The van der Waals surface area contributed by atoms with Crippen LogP contribution in [0.15, 0.2) is 41.8 Å². The predicted octanol–water partition coefficient (Wildman–Crippen LogP) is 1.02. The molecule has 0 saturated carbocycles. The smallest absolute Gasteiger partial charge is 0.280 e. The summed E-state index contributed by atoms with van der Waals surface area (Å²) in [5.41, 5.74) is 0.396. The zero-order valence-corrected chi connectivity index (χ0v) is 9.40. The number of anilines is 1. The molecule has 1 aromatic heterocycles. The summed E-state index contributed by atoms with van der Waals surface area (Å²) in [7, 11) is -1.90. The van der Waals surface area contributed by atoms with E-state index in [2.05, 4.69) is 15.8 Å². The normalized spacial score (nSPS) is 11.3. The van der Waals surface area contributed by atoms with E-state index in [-0.39, 0.29) is 5.03 Å². The average Bonchev–Trinajstić information content (AvgIpc) is 2.66. The Labute approximate surface area is 93.8 Å². The van der Waals surface area contributed by atoms with Crippen LogP contribution in [0.5, 0.6) is 0 Å². The molecule has 0 spiro atoms. The molecule has 0 unspecified atom stereocenters. The van der Waals surface area contributed by atoms with Crippen molar-refractivity contribution in [2.45, 2.75) is 5.03 Å². The molecule has 2 rings (SSSR count). The molecule has 1 radical (unpaired) electrons. The van der Waals surface area contributed by atoms with E-state index < -0.39 is 10.0 Å². The van der Waals surface area contributed by atoms with Crippen molar-refractivity contribution in [2.75, 3.05) is 4.72 Å². The van der Waals surface area contributed by atoms with E-state index in [0.717, 1.165) is 0 Å². The highest BCUT2D eigenvalue weighted by Gasteiger charge is 2.16. The average molecular weight is 236 g/mol. The van der Waals surface area contributed by atoms with Crippen molar-refractivity contribution in [2.24, 2.45) is 7.05 Å². The Bertz CT molecular complexity index is 575. The quantitative estimate of drug-likeness (QED) is 0.865. The van der Waals surface area contributed by atoms with Gasteiger partial charge in [0.2, 0.25) is 0 Å². The summed E-state index contributed by atoms with van der Waals surface area (Å²) in [6, 6.07) is 9.53. The number of hydrogen-bond donors (Lipinski definition) is 1. The van der Waals surface area contributed by atoms with Crippen LogP contribution in [-0.2, 0) is 17.1 Å². The number of para-hydroxylation sites is 1. The number of hydrogen-bond acceptors (Lipinski definition) is 3. The first-order valence-electron chi connectivity index (χ1n) is 4.55. The van der Waals surface area contributed by atoms with Crippen LogP contribution >= 0.6 is 0 Å². The number of sulfonamides is 1. The van der Waals surface area contributed by atoms with E-state index in [9.17, 15) is 8.42 Å². The Morgan fingerprint density at radius 1 is 1.44 bits per heavy atom. The van der Waals surface area contributed by atoms with E-state index in [1.165, 1.54) is 12.5 Å². The van der Waals surface area contributed by atoms with Crippen molar-refractivity contribution in [3.8, 4) is 0 Å². The molecule has 2 aromatic rings. The lowest BCUT2D eigenvalue weighted by atomic mass is 10.3. The summed E-state index contributed by atoms with van der Waals surface area (Å²) in [6.45, 7) is 0. The lowest BCUT2D eigenvalue weighted by molar-refractivity contribution is 0.598. The maximum atomic E-state index is 11.8. The Kier molecular flexibility index (Phi) is 2.66. The highest BCUT2D eigenvalue weighted by molar-refractivity contribution is 7.92. The van der Waals surface area contributed by atoms with Gasteiger partial charge in [-0.05, 0) is 6.07 Å². The summed E-state index contributed by atoms with van der Waals surface area (Å²) in [4.78, 5) is 3.78. The zero-order valence-electron chi connectivity index (χ0n) is 8.58. The van der Waals surface area contributed by atoms with E-state index in [0.29, 0.717) is 5.69 Å². The molecule has 1 heterocycles. The van der Waals surface area contributed by atoms with Crippen LogP contribution in [0.1, 0.15) is 0 Å². The summed E-state index contributed by atoms with van der Waals surface area (Å²) in [5.74, 6) is 0. The molecule has 6 heteroatoms. The van der Waals surface area contributed by atoms with Gasteiger partial charge in [-0.3, -0.25) is 4.72 Å². The van der Waals surface area contributed by atoms with Crippen LogP contribution in [0, 0.1) is 6.07 Å². The number of imidazole rings is 1. The molecular formula is C10H10N3O2S. The summed E-state index contributed by atoms with van der Waals surface area (Å²) < 4.78 is 27.6. The molecule has 1 aromatic carbocycles. The molecule has 16 heavy (non-hydrogen) atoms. The molecule has 1 N–H and O–H groups in total. The summed E-state index contributed by atoms with van der Waals surface area (Å²) in [6.07, 6.45) is 2.87. The van der Waals surface area contributed by atoms with Crippen molar-refractivity contribution in [1.82, 2.24) is 9.55 Å². The van der Waals surface area contributed by atoms with E-state index in [1.807, 2.05) is 0 Å². The maximum absolute atomic E-state index is 11.8. The van der Waals surface area contributed by atoms with Crippen LogP contribution in [0.25, 0.3) is 0 Å². The van der Waals surface area contributed by atoms with Crippen molar-refractivity contribution < 1.29 is 8.42 Å². The molecule has 0 aliphatic carbocycles. The highest BCUT2D eigenvalue weighted by Crippen LogP contribution is 2.12. The van der Waals surface area contributed by atoms with Gasteiger partial charge in [-0.1, -0.05) is 18.2 Å². The second kappa shape index (κ2) is 3.97. The second-order valence-electron chi connectivity index (χ2n) is 3.26. The number of aromatic nitrogens is 2. The van der Waals surface area contributed by atoms with Gasteiger partial charge < -0.3 is 4.57 Å². The standard InChI is InChI=1S/C10H10N3O2S/c1-13-7-10(11-8-13)16(14,15)12-9-5-3-2-4-6-9/h2-5,7-8,12H,1H3. The predicted molar refractivity (Wildman–Crippen MR) is 59.3 cm³/mol. The molecule has 0 atom stereocenters. The Morgan fingerprint density at radius 2 is 2.25 bits per heavy atom. The van der Waals surface area contributed by atoms with Gasteiger partial charge in [-0.15, -0.1) is 0 Å². The Hall–Kier alpha value is -1.82. The van der Waals surface area contributed by atoms with Crippen LogP contribution in [0.4, 0.5) is 5.69 Å². The van der Waals surface area contributed by atoms with Crippen LogP contribution in [0.2, 0.25) is 0 Å². The lowest BCUT2D eigenvalue weighted by Crippen LogP contribution is -2.13. The number of aryl methyl sites for hydroxylation is 1. The lowest BCUT2D eigenvalue weighted by Gasteiger charge is -2.04. The van der Waals surface area contributed by atoms with Gasteiger partial charge >= 0.3 is 0 Å². The molecular weight excluding hydrogens is 226 g/mol. The monoisotopic (exact) mass is 236 g/mol. The van der Waals surface area contributed by atoms with E-state index >= 15 is 0 Å². The van der Waals surface area contributed by atoms with Gasteiger partial charge in [-0.25, -0.2) is 4.98 Å². The van der Waals surface area contributed by atoms with Gasteiger partial charge in [-0.2, -0.15) is 8.42 Å². The van der Waals surface area contributed by atoms with Gasteiger partial charge in [0.15, 0.2) is 5.03 Å². The van der Waals surface area contributed by atoms with Crippen LogP contribution in [-0.4, -0.2) is 18.0 Å². The van der Waals surface area contributed by atoms with E-state index in [1.54, 1.807) is 35.9 Å². The topological polar surface area (TPSA) is 64.0 Å². The zero-order chi connectivity index (χ0) is 11.6. The minimum Gasteiger partial charge on any atom is -0.339 e. The first kappa shape index (κ1) is 10.7. The Balaban J connectivity index is 2.28. The number of benzene rings is 1. The molecule has 0 saturated heterocycles. The van der Waals surface area contributed by atoms with Crippen LogP contribution < -0.4 is 4.72 Å². The minimum atomic E-state index is -3.61. The summed E-state index contributed by atoms with van der Waals surface area (Å²) in [5, 5.41) is -0.00717. The van der Waals surface area contributed by atoms with Gasteiger partial charge in [0.25, 0.3) is 10.0 Å². The van der Waals surface area contributed by atoms with Gasteiger partial charge in [0, 0.05) is 19.3 Å². The fourth-order valence-electron chi connectivity index (χ4n) is 1.18. The largest absolute Gasteiger partial charge is 0.339 e. The first-order valence-corrected chi connectivity index (χ1v) is 6.04. The van der Waals surface area contributed by atoms with E-state index in [4.69, 9.17) is 0 Å². The van der Waals surface area contributed by atoms with Gasteiger partial charge in [0.05, 0.1) is 12.0 Å². The van der Waals surface area contributed by atoms with Gasteiger partial charge in [0.1, 0.15) is 0 Å². The number of nitrogens with one attached hydrogen (secondary N) is 1. The molecule has 0 aliphatic rings. The molecule has 0 fully saturated rings. The maximum Gasteiger partial charge on any atom is 0.280 e. The molecule has 83 valence electrons. The second-order valence-corrected chi connectivity index (χ2v) is 4.89. The van der Waals surface area contributed by atoms with Crippen molar-refractivity contribution in [3.63, 3.8) is 0 Å². The molecule has 0 amide bonds. The third kappa shape index (κ3) is 2.22. The van der Waals surface area contributed by atoms with Crippen molar-refractivity contribution in [3.05, 3.63) is 42.9 Å². The third-order valence-corrected chi connectivity index (χ3v) is 3.16. The number of rotatable bonds is 3. The summed E-state index contributed by atoms with van der Waals surface area (Å²) >= 11 is 0. The molecule has 0 bridgehead atoms. The minimum absolute atomic E-state index is 0.00717. The highest BCUT2D eigenvalue weighted by atomic mass is 32.2. The van der Waals surface area contributed by atoms with Crippen molar-refractivity contribution in [1.29, 1.82) is 0 Å². The third-order valence-electron chi connectivity index (χ3n) is 1.91. The first-order chi connectivity index (χ1) is 7.58. The molecule has 0 aliphatic heterocycles. The SMILES string of the molecule is Cn1cnc(S(=O)(=O)Nc2[c]cccc2)c1. The molecule has 5 nitrogen and oxygen atoms in total.